The highest BCUT2D eigenvalue weighted by Gasteiger charge is 2.19. The van der Waals surface area contributed by atoms with Gasteiger partial charge in [-0.1, -0.05) is 72.8 Å². The van der Waals surface area contributed by atoms with Gasteiger partial charge in [-0.25, -0.2) is 0 Å². The molecule has 0 saturated heterocycles. The average Bonchev–Trinajstić information content (AvgIpc) is 2.63. The molecule has 0 fully saturated rings. The zero-order valence-corrected chi connectivity index (χ0v) is 15.0. The van der Waals surface area contributed by atoms with E-state index in [1.807, 2.05) is 79.7 Å². The molecule has 0 unspecified atom stereocenters. The molecule has 0 bridgehead atoms. The van der Waals surface area contributed by atoms with Gasteiger partial charge in [-0.15, -0.1) is 0 Å². The smallest absolute Gasteiger partial charge is 0.199 e. The molecule has 126 valence electrons. The van der Waals surface area contributed by atoms with Crippen molar-refractivity contribution >= 4 is 15.7 Å². The summed E-state index contributed by atoms with van der Waals surface area (Å²) in [7, 11) is -3.82. The highest BCUT2D eigenvalue weighted by atomic mass is 32.2. The van der Waals surface area contributed by atoms with Gasteiger partial charge in [-0.2, -0.15) is 12.8 Å². The molecule has 0 heterocycles. The topological polar surface area (TPSA) is 46.5 Å². The van der Waals surface area contributed by atoms with E-state index in [2.05, 4.69) is 4.40 Å². The molecule has 4 heteroatoms. The fourth-order valence-electron chi connectivity index (χ4n) is 2.62. The van der Waals surface area contributed by atoms with E-state index in [1.165, 1.54) is 0 Å². The lowest BCUT2D eigenvalue weighted by atomic mass is 10.0. The molecule has 3 aromatic rings. The molecule has 0 aliphatic carbocycles. The molecule has 0 atom stereocenters. The van der Waals surface area contributed by atoms with Gasteiger partial charge in [-0.3, -0.25) is 0 Å². The van der Waals surface area contributed by atoms with Gasteiger partial charge in [0.15, 0.2) is 0 Å². The predicted octanol–water partition coefficient (Wildman–Crippen LogP) is 4.53. The molecule has 25 heavy (non-hydrogen) atoms. The Hall–Kier alpha value is -2.72. The molecule has 0 aliphatic rings. The number of hydrogen-bond acceptors (Lipinski definition) is 2. The predicted molar refractivity (Wildman–Crippen MR) is 102 cm³/mol. The largest absolute Gasteiger partial charge is 0.283 e. The third-order valence-electron chi connectivity index (χ3n) is 3.93. The number of benzene rings is 3. The maximum absolute atomic E-state index is 13.0. The standard InChI is InChI=1S/C21H19NO2S/c1-16-13-14-17(2)20(15-16)25(23,24)22-21(18-9-5-3-6-10-18)19-11-7-4-8-12-19/h3-15H,1-2H3. The van der Waals surface area contributed by atoms with E-state index in [9.17, 15) is 8.42 Å². The summed E-state index contributed by atoms with van der Waals surface area (Å²) in [5.74, 6) is 0. The summed E-state index contributed by atoms with van der Waals surface area (Å²) in [4.78, 5) is 0.247. The molecule has 0 radical (unpaired) electrons. The first kappa shape index (κ1) is 17.1. The Labute approximate surface area is 148 Å². The van der Waals surface area contributed by atoms with E-state index >= 15 is 0 Å². The van der Waals surface area contributed by atoms with Crippen LogP contribution in [0.25, 0.3) is 0 Å². The fourth-order valence-corrected chi connectivity index (χ4v) is 3.98. The number of hydrogen-bond donors (Lipinski definition) is 0. The van der Waals surface area contributed by atoms with Gasteiger partial charge in [0.25, 0.3) is 10.0 Å². The maximum atomic E-state index is 13.0. The molecule has 3 rings (SSSR count). The van der Waals surface area contributed by atoms with Gasteiger partial charge < -0.3 is 0 Å². The van der Waals surface area contributed by atoms with Crippen molar-refractivity contribution in [3.63, 3.8) is 0 Å². The van der Waals surface area contributed by atoms with Crippen LogP contribution in [-0.2, 0) is 10.0 Å². The van der Waals surface area contributed by atoms with Crippen molar-refractivity contribution < 1.29 is 8.42 Å². The Morgan fingerprint density at radius 2 is 1.28 bits per heavy atom. The SMILES string of the molecule is Cc1ccc(C)c(S(=O)(=O)N=C(c2ccccc2)c2ccccc2)c1. The van der Waals surface area contributed by atoms with Crippen LogP contribution in [0.4, 0.5) is 0 Å². The first-order valence-electron chi connectivity index (χ1n) is 8.00. The van der Waals surface area contributed by atoms with Crippen molar-refractivity contribution in [3.05, 3.63) is 101 Å². The highest BCUT2D eigenvalue weighted by molar-refractivity contribution is 7.90. The molecule has 0 saturated carbocycles. The summed E-state index contributed by atoms with van der Waals surface area (Å²) < 4.78 is 30.2. The average molecular weight is 349 g/mol. The third kappa shape index (κ3) is 3.86. The van der Waals surface area contributed by atoms with Gasteiger partial charge in [0, 0.05) is 11.1 Å². The molecule has 0 aromatic heterocycles. The molecular formula is C21H19NO2S. The lowest BCUT2D eigenvalue weighted by Crippen LogP contribution is -2.09. The zero-order chi connectivity index (χ0) is 17.9. The molecule has 0 N–H and O–H groups in total. The van der Waals surface area contributed by atoms with Crippen LogP contribution >= 0.6 is 0 Å². The summed E-state index contributed by atoms with van der Waals surface area (Å²) in [6, 6.07) is 24.1. The van der Waals surface area contributed by atoms with Crippen LogP contribution in [0.5, 0.6) is 0 Å². The molecule has 0 spiro atoms. The van der Waals surface area contributed by atoms with Gasteiger partial charge in [-0.05, 0) is 31.0 Å². The second-order valence-electron chi connectivity index (χ2n) is 5.92. The van der Waals surface area contributed by atoms with Crippen molar-refractivity contribution in [3.8, 4) is 0 Å². The number of nitrogens with zero attached hydrogens (tertiary/aromatic N) is 1. The van der Waals surface area contributed by atoms with E-state index in [0.29, 0.717) is 11.3 Å². The van der Waals surface area contributed by atoms with E-state index in [0.717, 1.165) is 16.7 Å². The Morgan fingerprint density at radius 1 is 0.760 bits per heavy atom. The number of aryl methyl sites for hydroxylation is 2. The fraction of sp³-hybridized carbons (Fsp3) is 0.0952. The van der Waals surface area contributed by atoms with Crippen molar-refractivity contribution in [2.24, 2.45) is 4.40 Å². The van der Waals surface area contributed by atoms with Crippen molar-refractivity contribution in [2.45, 2.75) is 18.7 Å². The van der Waals surface area contributed by atoms with Crippen molar-refractivity contribution in [2.75, 3.05) is 0 Å². The van der Waals surface area contributed by atoms with Crippen LogP contribution in [0.15, 0.2) is 88.2 Å². The van der Waals surface area contributed by atoms with Crippen molar-refractivity contribution in [1.82, 2.24) is 0 Å². The summed E-state index contributed by atoms with van der Waals surface area (Å²) in [5, 5.41) is 0. The van der Waals surface area contributed by atoms with Crippen LogP contribution < -0.4 is 0 Å². The number of sulfonamides is 1. The summed E-state index contributed by atoms with van der Waals surface area (Å²) in [6.45, 7) is 3.66. The lowest BCUT2D eigenvalue weighted by molar-refractivity contribution is 0.597. The van der Waals surface area contributed by atoms with Gasteiger partial charge in [0.05, 0.1) is 10.6 Å². The minimum absolute atomic E-state index is 0.247. The molecule has 3 nitrogen and oxygen atoms in total. The van der Waals surface area contributed by atoms with E-state index < -0.39 is 10.0 Å². The monoisotopic (exact) mass is 349 g/mol. The Kier molecular flexibility index (Phi) is 4.81. The van der Waals surface area contributed by atoms with Crippen LogP contribution in [0.2, 0.25) is 0 Å². The summed E-state index contributed by atoms with van der Waals surface area (Å²) in [5.41, 5.74) is 3.56. The zero-order valence-electron chi connectivity index (χ0n) is 14.2. The van der Waals surface area contributed by atoms with Gasteiger partial charge >= 0.3 is 0 Å². The second-order valence-corrected chi connectivity index (χ2v) is 7.49. The normalized spacial score (nSPS) is 11.1. The minimum atomic E-state index is -3.82. The van der Waals surface area contributed by atoms with E-state index in [4.69, 9.17) is 0 Å². The van der Waals surface area contributed by atoms with Crippen LogP contribution in [0.1, 0.15) is 22.3 Å². The Balaban J connectivity index is 2.21. The number of rotatable bonds is 4. The minimum Gasteiger partial charge on any atom is -0.199 e. The van der Waals surface area contributed by atoms with E-state index in [-0.39, 0.29) is 4.90 Å². The van der Waals surface area contributed by atoms with E-state index in [1.54, 1.807) is 13.0 Å². The summed E-state index contributed by atoms with van der Waals surface area (Å²) >= 11 is 0. The molecule has 3 aromatic carbocycles. The summed E-state index contributed by atoms with van der Waals surface area (Å²) in [6.07, 6.45) is 0. The van der Waals surface area contributed by atoms with Crippen LogP contribution in [0, 0.1) is 13.8 Å². The first-order chi connectivity index (χ1) is 12.0. The molecule has 0 aliphatic heterocycles. The third-order valence-corrected chi connectivity index (χ3v) is 5.35. The van der Waals surface area contributed by atoms with Gasteiger partial charge in [0.2, 0.25) is 0 Å². The Morgan fingerprint density at radius 3 is 1.80 bits per heavy atom. The quantitative estimate of drug-likeness (QED) is 0.650. The maximum Gasteiger partial charge on any atom is 0.283 e. The van der Waals surface area contributed by atoms with Crippen molar-refractivity contribution in [1.29, 1.82) is 0 Å². The lowest BCUT2D eigenvalue weighted by Gasteiger charge is -2.10. The molecule has 0 amide bonds. The highest BCUT2D eigenvalue weighted by Crippen LogP contribution is 2.21. The second kappa shape index (κ2) is 7.03. The Bertz CT molecular complexity index is 967. The van der Waals surface area contributed by atoms with Gasteiger partial charge in [0.1, 0.15) is 0 Å². The molecular weight excluding hydrogens is 330 g/mol. The van der Waals surface area contributed by atoms with Crippen LogP contribution in [-0.4, -0.2) is 14.1 Å². The van der Waals surface area contributed by atoms with Crippen LogP contribution in [0.3, 0.4) is 0 Å². The first-order valence-corrected chi connectivity index (χ1v) is 9.44.